The first-order chi connectivity index (χ1) is 7.41. The quantitative estimate of drug-likeness (QED) is 0.799. The molecule has 0 heterocycles. The van der Waals surface area contributed by atoms with Crippen LogP contribution in [-0.4, -0.2) is 16.9 Å². The molecule has 5 heteroatoms. The van der Waals surface area contributed by atoms with E-state index in [2.05, 4.69) is 0 Å². The first kappa shape index (κ1) is 12.3. The van der Waals surface area contributed by atoms with E-state index in [0.717, 1.165) is 19.1 Å². The van der Waals surface area contributed by atoms with Gasteiger partial charge in [0.2, 0.25) is 0 Å². The molecule has 86 valence electrons. The van der Waals surface area contributed by atoms with Gasteiger partial charge in [-0.05, 0) is 25.0 Å². The van der Waals surface area contributed by atoms with E-state index in [1.54, 1.807) is 0 Å². The standard InChI is InChI=1S/C11H10F2O3/c1-6(14)9(11(15)16)4-7-2-3-8(12)5-10(7)13/h2-3,5,9H,4H2,1H3,(H,15,16). The van der Waals surface area contributed by atoms with E-state index in [0.29, 0.717) is 6.07 Å². The number of benzene rings is 1. The molecular formula is C11H10F2O3. The van der Waals surface area contributed by atoms with Gasteiger partial charge in [0.05, 0.1) is 0 Å². The number of Topliss-reactive ketones (excluding diaryl/α,β-unsaturated/α-hetero) is 1. The number of carboxylic acid groups (broad SMARTS) is 1. The fraction of sp³-hybridized carbons (Fsp3) is 0.273. The lowest BCUT2D eigenvalue weighted by Crippen LogP contribution is -2.24. The Balaban J connectivity index is 2.94. The molecule has 0 fully saturated rings. The normalized spacial score (nSPS) is 12.2. The van der Waals surface area contributed by atoms with E-state index < -0.39 is 29.3 Å². The van der Waals surface area contributed by atoms with E-state index in [9.17, 15) is 18.4 Å². The van der Waals surface area contributed by atoms with Gasteiger partial charge in [-0.15, -0.1) is 0 Å². The molecule has 1 aromatic carbocycles. The van der Waals surface area contributed by atoms with Gasteiger partial charge in [-0.25, -0.2) is 8.78 Å². The van der Waals surface area contributed by atoms with Crippen molar-refractivity contribution in [1.82, 2.24) is 0 Å². The number of carbonyl (C=O) groups excluding carboxylic acids is 1. The first-order valence-electron chi connectivity index (χ1n) is 4.59. The average Bonchev–Trinajstić information content (AvgIpc) is 2.15. The Morgan fingerprint density at radius 2 is 2.00 bits per heavy atom. The zero-order valence-electron chi connectivity index (χ0n) is 8.54. The molecule has 0 bridgehead atoms. The maximum absolute atomic E-state index is 13.2. The van der Waals surface area contributed by atoms with E-state index in [1.807, 2.05) is 0 Å². The Kier molecular flexibility index (Phi) is 3.71. The van der Waals surface area contributed by atoms with Crippen LogP contribution < -0.4 is 0 Å². The molecule has 0 saturated carbocycles. The number of hydrogen-bond acceptors (Lipinski definition) is 2. The summed E-state index contributed by atoms with van der Waals surface area (Å²) in [4.78, 5) is 21.7. The second-order valence-corrected chi connectivity index (χ2v) is 3.44. The van der Waals surface area contributed by atoms with Gasteiger partial charge in [0, 0.05) is 6.07 Å². The lowest BCUT2D eigenvalue weighted by atomic mass is 9.96. The highest BCUT2D eigenvalue weighted by Crippen LogP contribution is 2.15. The van der Waals surface area contributed by atoms with Crippen molar-refractivity contribution in [2.24, 2.45) is 5.92 Å². The van der Waals surface area contributed by atoms with Crippen molar-refractivity contribution in [3.8, 4) is 0 Å². The van der Waals surface area contributed by atoms with Crippen LogP contribution in [0.1, 0.15) is 12.5 Å². The van der Waals surface area contributed by atoms with Crippen LogP contribution in [0.5, 0.6) is 0 Å². The summed E-state index contributed by atoms with van der Waals surface area (Å²) < 4.78 is 25.8. The number of ketones is 1. The number of halogens is 2. The van der Waals surface area contributed by atoms with Crippen LogP contribution in [0, 0.1) is 17.6 Å². The molecule has 1 rings (SSSR count). The third-order valence-electron chi connectivity index (χ3n) is 2.23. The Morgan fingerprint density at radius 1 is 1.38 bits per heavy atom. The molecule has 1 aromatic rings. The highest BCUT2D eigenvalue weighted by atomic mass is 19.1. The molecule has 0 spiro atoms. The van der Waals surface area contributed by atoms with Crippen LogP contribution >= 0.6 is 0 Å². The Hall–Kier alpha value is -1.78. The molecule has 0 radical (unpaired) electrons. The highest BCUT2D eigenvalue weighted by Gasteiger charge is 2.24. The molecule has 16 heavy (non-hydrogen) atoms. The minimum Gasteiger partial charge on any atom is -0.481 e. The van der Waals surface area contributed by atoms with Crippen molar-refractivity contribution in [2.45, 2.75) is 13.3 Å². The van der Waals surface area contributed by atoms with Crippen molar-refractivity contribution in [3.63, 3.8) is 0 Å². The Bertz CT molecular complexity index is 415. The molecular weight excluding hydrogens is 218 g/mol. The highest BCUT2D eigenvalue weighted by molar-refractivity contribution is 5.97. The first-order valence-corrected chi connectivity index (χ1v) is 4.59. The van der Waals surface area contributed by atoms with Gasteiger partial charge in [-0.1, -0.05) is 6.07 Å². The van der Waals surface area contributed by atoms with Crippen LogP contribution in [0.3, 0.4) is 0 Å². The fourth-order valence-corrected chi connectivity index (χ4v) is 1.31. The Labute approximate surface area is 90.7 Å². The smallest absolute Gasteiger partial charge is 0.314 e. The van der Waals surface area contributed by atoms with Gasteiger partial charge < -0.3 is 5.11 Å². The summed E-state index contributed by atoms with van der Waals surface area (Å²) in [6.45, 7) is 1.13. The number of carbonyl (C=O) groups is 2. The van der Waals surface area contributed by atoms with Crippen LogP contribution in [-0.2, 0) is 16.0 Å². The summed E-state index contributed by atoms with van der Waals surface area (Å²) in [6, 6.07) is 2.83. The fourth-order valence-electron chi connectivity index (χ4n) is 1.31. The van der Waals surface area contributed by atoms with Crippen molar-refractivity contribution in [2.75, 3.05) is 0 Å². The molecule has 3 nitrogen and oxygen atoms in total. The van der Waals surface area contributed by atoms with Gasteiger partial charge in [0.1, 0.15) is 23.3 Å². The number of carboxylic acids is 1. The summed E-state index contributed by atoms with van der Waals surface area (Å²) in [5.41, 5.74) is 0.0176. The van der Waals surface area contributed by atoms with Crippen molar-refractivity contribution in [3.05, 3.63) is 35.4 Å². The second kappa shape index (κ2) is 4.83. The Morgan fingerprint density at radius 3 is 2.44 bits per heavy atom. The average molecular weight is 228 g/mol. The minimum absolute atomic E-state index is 0.0176. The minimum atomic E-state index is -1.31. The maximum atomic E-state index is 13.2. The molecule has 0 aromatic heterocycles. The summed E-state index contributed by atoms with van der Waals surface area (Å²) in [5.74, 6) is -4.74. The summed E-state index contributed by atoms with van der Waals surface area (Å²) >= 11 is 0. The van der Waals surface area contributed by atoms with Gasteiger partial charge in [0.15, 0.2) is 0 Å². The predicted octanol–water partition coefficient (Wildman–Crippen LogP) is 1.80. The molecule has 1 unspecified atom stereocenters. The van der Waals surface area contributed by atoms with Gasteiger partial charge in [-0.2, -0.15) is 0 Å². The molecule has 0 amide bonds. The van der Waals surface area contributed by atoms with Gasteiger partial charge in [-0.3, -0.25) is 9.59 Å². The topological polar surface area (TPSA) is 54.4 Å². The zero-order chi connectivity index (χ0) is 12.3. The SMILES string of the molecule is CC(=O)C(Cc1ccc(F)cc1F)C(=O)O. The van der Waals surface area contributed by atoms with E-state index in [-0.39, 0.29) is 12.0 Å². The van der Waals surface area contributed by atoms with Crippen LogP contribution in [0.15, 0.2) is 18.2 Å². The lowest BCUT2D eigenvalue weighted by Gasteiger charge is -2.09. The van der Waals surface area contributed by atoms with Crippen LogP contribution in [0.25, 0.3) is 0 Å². The van der Waals surface area contributed by atoms with E-state index >= 15 is 0 Å². The molecule has 0 aliphatic carbocycles. The molecule has 0 aliphatic rings. The molecule has 1 N–H and O–H groups in total. The zero-order valence-corrected chi connectivity index (χ0v) is 8.54. The second-order valence-electron chi connectivity index (χ2n) is 3.44. The predicted molar refractivity (Wildman–Crippen MR) is 51.9 cm³/mol. The molecule has 0 saturated heterocycles. The number of hydrogen-bond donors (Lipinski definition) is 1. The van der Waals surface area contributed by atoms with Gasteiger partial charge in [0.25, 0.3) is 0 Å². The monoisotopic (exact) mass is 228 g/mol. The maximum Gasteiger partial charge on any atom is 0.314 e. The van der Waals surface area contributed by atoms with Crippen LogP contribution in [0.2, 0.25) is 0 Å². The van der Waals surface area contributed by atoms with Crippen molar-refractivity contribution >= 4 is 11.8 Å². The molecule has 0 aliphatic heterocycles. The third-order valence-corrected chi connectivity index (χ3v) is 2.23. The summed E-state index contributed by atoms with van der Waals surface area (Å²) in [7, 11) is 0. The summed E-state index contributed by atoms with van der Waals surface area (Å²) in [5, 5.41) is 8.73. The number of rotatable bonds is 4. The van der Waals surface area contributed by atoms with E-state index in [4.69, 9.17) is 5.11 Å². The largest absolute Gasteiger partial charge is 0.481 e. The van der Waals surface area contributed by atoms with Crippen molar-refractivity contribution < 1.29 is 23.5 Å². The third kappa shape index (κ3) is 2.85. The van der Waals surface area contributed by atoms with Crippen LogP contribution in [0.4, 0.5) is 8.78 Å². The lowest BCUT2D eigenvalue weighted by molar-refractivity contribution is -0.145. The van der Waals surface area contributed by atoms with Crippen molar-refractivity contribution in [1.29, 1.82) is 0 Å². The van der Waals surface area contributed by atoms with E-state index in [1.165, 1.54) is 0 Å². The van der Waals surface area contributed by atoms with Gasteiger partial charge >= 0.3 is 5.97 Å². The number of aliphatic carboxylic acids is 1. The molecule has 1 atom stereocenters. The summed E-state index contributed by atoms with van der Waals surface area (Å²) in [6.07, 6.45) is -0.267.